The average Bonchev–Trinajstić information content (AvgIpc) is 2.43. The zero-order chi connectivity index (χ0) is 13.2. The number of thioether (sulfide) groups is 1. The van der Waals surface area contributed by atoms with Crippen LogP contribution in [0.2, 0.25) is 0 Å². The van der Waals surface area contributed by atoms with E-state index >= 15 is 0 Å². The highest BCUT2D eigenvalue weighted by Crippen LogP contribution is 2.37. The minimum Gasteiger partial charge on any atom is -0.306 e. The van der Waals surface area contributed by atoms with Crippen molar-refractivity contribution in [1.29, 1.82) is 0 Å². The van der Waals surface area contributed by atoms with Crippen molar-refractivity contribution in [1.82, 2.24) is 4.98 Å². The normalized spacial score (nSPS) is 14.4. The minimum absolute atomic E-state index is 0.146. The van der Waals surface area contributed by atoms with Crippen LogP contribution < -0.4 is 4.90 Å². The summed E-state index contributed by atoms with van der Waals surface area (Å²) < 4.78 is 0.987. The van der Waals surface area contributed by atoms with Crippen LogP contribution in [0.4, 0.5) is 5.69 Å². The first kappa shape index (κ1) is 12.7. The molecule has 0 atom stereocenters. The maximum Gasteiger partial charge on any atom is 0.237 e. The fraction of sp³-hybridized carbons (Fsp3) is 0.143. The molecule has 3 rings (SSSR count). The van der Waals surface area contributed by atoms with E-state index in [4.69, 9.17) is 0 Å². The third-order valence-corrected chi connectivity index (χ3v) is 4.49. The van der Waals surface area contributed by atoms with Crippen molar-refractivity contribution < 1.29 is 4.79 Å². The molecular weight excluding hydrogens is 324 g/mol. The number of carbonyl (C=O) groups excluding carboxylic acids is 1. The second kappa shape index (κ2) is 5.35. The van der Waals surface area contributed by atoms with Crippen molar-refractivity contribution >= 4 is 39.3 Å². The molecule has 0 spiro atoms. The van der Waals surface area contributed by atoms with Crippen LogP contribution in [0.3, 0.4) is 0 Å². The fourth-order valence-electron chi connectivity index (χ4n) is 2.02. The van der Waals surface area contributed by atoms with Gasteiger partial charge in [-0.25, -0.2) is 0 Å². The molecule has 2 heterocycles. The lowest BCUT2D eigenvalue weighted by Crippen LogP contribution is -2.34. The van der Waals surface area contributed by atoms with Crippen molar-refractivity contribution in [2.75, 3.05) is 10.7 Å². The molecule has 0 aliphatic carbocycles. The number of rotatable bonds is 2. The third-order valence-electron chi connectivity index (χ3n) is 2.95. The zero-order valence-corrected chi connectivity index (χ0v) is 12.4. The van der Waals surface area contributed by atoms with Gasteiger partial charge in [-0.05, 0) is 35.9 Å². The summed E-state index contributed by atoms with van der Waals surface area (Å²) in [5, 5.41) is 0. The molecule has 0 saturated carbocycles. The van der Waals surface area contributed by atoms with Crippen LogP contribution in [-0.2, 0) is 11.3 Å². The number of hydrogen-bond acceptors (Lipinski definition) is 3. The molecule has 0 unspecified atom stereocenters. The lowest BCUT2D eigenvalue weighted by molar-refractivity contribution is -0.116. The van der Waals surface area contributed by atoms with Gasteiger partial charge in [-0.2, -0.15) is 0 Å². The van der Waals surface area contributed by atoms with Gasteiger partial charge in [0.25, 0.3) is 0 Å². The molecule has 96 valence electrons. The molecule has 1 aromatic heterocycles. The highest BCUT2D eigenvalue weighted by Gasteiger charge is 2.24. The van der Waals surface area contributed by atoms with E-state index in [-0.39, 0.29) is 5.91 Å². The van der Waals surface area contributed by atoms with E-state index in [0.717, 1.165) is 20.6 Å². The van der Waals surface area contributed by atoms with Gasteiger partial charge in [0.1, 0.15) is 0 Å². The highest BCUT2D eigenvalue weighted by atomic mass is 79.9. The highest BCUT2D eigenvalue weighted by molar-refractivity contribution is 9.10. The van der Waals surface area contributed by atoms with Gasteiger partial charge in [-0.3, -0.25) is 9.78 Å². The molecule has 1 amide bonds. The predicted octanol–water partition coefficient (Wildman–Crippen LogP) is 3.48. The Kier molecular flexibility index (Phi) is 3.57. The van der Waals surface area contributed by atoms with Crippen molar-refractivity contribution in [2.24, 2.45) is 0 Å². The lowest BCUT2D eigenvalue weighted by atomic mass is 10.2. The number of aromatic nitrogens is 1. The lowest BCUT2D eigenvalue weighted by Gasteiger charge is -2.29. The smallest absolute Gasteiger partial charge is 0.237 e. The Labute approximate surface area is 124 Å². The van der Waals surface area contributed by atoms with Gasteiger partial charge in [-0.1, -0.05) is 15.9 Å². The van der Waals surface area contributed by atoms with Crippen LogP contribution in [0, 0.1) is 0 Å². The second-order valence-corrected chi connectivity index (χ2v) is 6.17. The van der Waals surface area contributed by atoms with Crippen molar-refractivity contribution in [2.45, 2.75) is 11.4 Å². The van der Waals surface area contributed by atoms with Crippen LogP contribution in [0.15, 0.2) is 52.1 Å². The van der Waals surface area contributed by atoms with E-state index in [9.17, 15) is 4.79 Å². The van der Waals surface area contributed by atoms with Gasteiger partial charge in [0, 0.05) is 21.8 Å². The first-order valence-corrected chi connectivity index (χ1v) is 7.63. The number of anilines is 1. The summed E-state index contributed by atoms with van der Waals surface area (Å²) in [5.74, 6) is 0.645. The van der Waals surface area contributed by atoms with Crippen molar-refractivity contribution in [3.63, 3.8) is 0 Å². The Morgan fingerprint density at radius 1 is 1.26 bits per heavy atom. The number of carbonyl (C=O) groups is 1. The van der Waals surface area contributed by atoms with Crippen LogP contribution in [0.5, 0.6) is 0 Å². The van der Waals surface area contributed by atoms with E-state index in [0.29, 0.717) is 12.3 Å². The van der Waals surface area contributed by atoms with Gasteiger partial charge in [-0.15, -0.1) is 11.8 Å². The van der Waals surface area contributed by atoms with Crippen LogP contribution in [0.1, 0.15) is 5.56 Å². The molecule has 5 heteroatoms. The van der Waals surface area contributed by atoms with E-state index in [2.05, 4.69) is 27.0 Å². The molecule has 0 radical (unpaired) electrons. The number of benzene rings is 1. The summed E-state index contributed by atoms with van der Waals surface area (Å²) in [6.45, 7) is 0.589. The quantitative estimate of drug-likeness (QED) is 0.842. The van der Waals surface area contributed by atoms with Gasteiger partial charge in [0.15, 0.2) is 0 Å². The predicted molar refractivity (Wildman–Crippen MR) is 80.3 cm³/mol. The number of pyridine rings is 1. The molecule has 1 aromatic carbocycles. The summed E-state index contributed by atoms with van der Waals surface area (Å²) >= 11 is 5.06. The molecular formula is C14H11BrN2OS. The van der Waals surface area contributed by atoms with E-state index in [1.54, 1.807) is 24.2 Å². The molecule has 1 aliphatic heterocycles. The summed E-state index contributed by atoms with van der Waals surface area (Å²) in [6, 6.07) is 9.93. The second-order valence-electron chi connectivity index (χ2n) is 4.24. The van der Waals surface area contributed by atoms with E-state index in [1.165, 1.54) is 0 Å². The average molecular weight is 335 g/mol. The summed E-state index contributed by atoms with van der Waals surface area (Å²) in [5.41, 5.74) is 2.06. The molecule has 19 heavy (non-hydrogen) atoms. The number of amides is 1. The van der Waals surface area contributed by atoms with E-state index in [1.807, 2.05) is 29.2 Å². The number of nitrogens with zero attached hydrogens (tertiary/aromatic N) is 2. The van der Waals surface area contributed by atoms with Gasteiger partial charge in [0.2, 0.25) is 5.91 Å². The van der Waals surface area contributed by atoms with Gasteiger partial charge < -0.3 is 4.90 Å². The van der Waals surface area contributed by atoms with Gasteiger partial charge in [0.05, 0.1) is 18.0 Å². The Morgan fingerprint density at radius 3 is 2.84 bits per heavy atom. The summed E-state index contributed by atoms with van der Waals surface area (Å²) in [4.78, 5) is 19.1. The molecule has 0 N–H and O–H groups in total. The Bertz CT molecular complexity index is 618. The maximum atomic E-state index is 12.1. The van der Waals surface area contributed by atoms with Crippen molar-refractivity contribution in [3.05, 3.63) is 52.8 Å². The maximum absolute atomic E-state index is 12.1. The van der Waals surface area contributed by atoms with Crippen LogP contribution >= 0.6 is 27.7 Å². The molecule has 0 fully saturated rings. The van der Waals surface area contributed by atoms with Crippen molar-refractivity contribution in [3.8, 4) is 0 Å². The Hall–Kier alpha value is -1.33. The summed E-state index contributed by atoms with van der Waals surface area (Å²) in [7, 11) is 0. The first-order chi connectivity index (χ1) is 9.24. The monoisotopic (exact) mass is 334 g/mol. The van der Waals surface area contributed by atoms with Crippen LogP contribution in [-0.4, -0.2) is 16.6 Å². The number of fused-ring (bicyclic) bond motifs is 1. The minimum atomic E-state index is 0.146. The topological polar surface area (TPSA) is 33.2 Å². The molecule has 0 saturated heterocycles. The van der Waals surface area contributed by atoms with Gasteiger partial charge >= 0.3 is 0 Å². The SMILES string of the molecule is O=C1CSc2ccc(Br)cc2N1Cc1ccncc1. The molecule has 1 aliphatic rings. The fourth-order valence-corrected chi connectivity index (χ4v) is 3.28. The molecule has 0 bridgehead atoms. The van der Waals surface area contributed by atoms with E-state index < -0.39 is 0 Å². The largest absolute Gasteiger partial charge is 0.306 e. The zero-order valence-electron chi connectivity index (χ0n) is 10.0. The molecule has 3 nitrogen and oxygen atoms in total. The van der Waals surface area contributed by atoms with Crippen LogP contribution in [0.25, 0.3) is 0 Å². The molecule has 2 aromatic rings. The third kappa shape index (κ3) is 2.67. The number of halogens is 1. The number of hydrogen-bond donors (Lipinski definition) is 0. The first-order valence-electron chi connectivity index (χ1n) is 5.85. The summed E-state index contributed by atoms with van der Waals surface area (Å²) in [6.07, 6.45) is 3.50. The Morgan fingerprint density at radius 2 is 2.05 bits per heavy atom. The standard InChI is InChI=1S/C14H11BrN2OS/c15-11-1-2-13-12(7-11)17(14(18)9-19-13)8-10-3-5-16-6-4-10/h1-7H,8-9H2. The Balaban J connectivity index is 1.97.